The number of hydrogen-bond donors (Lipinski definition) is 3. The zero-order valence-electron chi connectivity index (χ0n) is 17.5. The van der Waals surface area contributed by atoms with Crippen molar-refractivity contribution >= 4 is 11.6 Å². The first-order chi connectivity index (χ1) is 15.3. The number of guanidine groups is 1. The normalized spacial score (nSPS) is 16.7. The highest BCUT2D eigenvalue weighted by atomic mass is 16.3. The summed E-state index contributed by atoms with van der Waals surface area (Å²) in [6.07, 6.45) is 3.69. The summed E-state index contributed by atoms with van der Waals surface area (Å²) in [6.45, 7) is 4.92. The lowest BCUT2D eigenvalue weighted by molar-refractivity contribution is 0.468. The van der Waals surface area contributed by atoms with Gasteiger partial charge in [0.15, 0.2) is 11.7 Å². The maximum Gasteiger partial charge on any atom is 0.216 e. The second-order valence-corrected chi connectivity index (χ2v) is 7.34. The number of anilines is 1. The van der Waals surface area contributed by atoms with Crippen molar-refractivity contribution in [3.63, 3.8) is 0 Å². The van der Waals surface area contributed by atoms with Crippen LogP contribution in [0.4, 0.5) is 5.69 Å². The Labute approximate surface area is 181 Å². The van der Waals surface area contributed by atoms with Crippen molar-refractivity contribution < 1.29 is 4.42 Å². The maximum absolute atomic E-state index is 9.43. The Morgan fingerprint density at radius 3 is 3.06 bits per heavy atom. The topological polar surface area (TPSA) is 118 Å². The molecule has 0 saturated carbocycles. The van der Waals surface area contributed by atoms with Gasteiger partial charge < -0.3 is 20.0 Å². The molecule has 9 nitrogen and oxygen atoms in total. The van der Waals surface area contributed by atoms with Gasteiger partial charge in [0, 0.05) is 25.7 Å². The van der Waals surface area contributed by atoms with Gasteiger partial charge in [0.1, 0.15) is 18.4 Å². The van der Waals surface area contributed by atoms with Crippen molar-refractivity contribution in [2.75, 3.05) is 24.5 Å². The standard InChI is InChI=1S/C22H26N8O/c1-2-24-22(25-14-20-27-21(29-28-20)19-10-6-12-31-19)26-17-8-5-11-30(15-17)18-9-4-3-7-16(18)13-23/h3-4,6-7,9-10,12,17H,2,5,8,11,14-15H2,1H3,(H2,24,25,26)(H,27,28,29). The van der Waals surface area contributed by atoms with E-state index in [9.17, 15) is 5.26 Å². The number of aromatic nitrogens is 3. The molecule has 0 bridgehead atoms. The maximum atomic E-state index is 9.43. The molecular weight excluding hydrogens is 392 g/mol. The van der Waals surface area contributed by atoms with E-state index in [1.165, 1.54) is 0 Å². The van der Waals surface area contributed by atoms with Crippen molar-refractivity contribution in [2.24, 2.45) is 4.99 Å². The molecule has 31 heavy (non-hydrogen) atoms. The van der Waals surface area contributed by atoms with E-state index in [2.05, 4.69) is 41.8 Å². The molecule has 3 heterocycles. The van der Waals surface area contributed by atoms with Crippen LogP contribution in [0.2, 0.25) is 0 Å². The van der Waals surface area contributed by atoms with Gasteiger partial charge in [0.2, 0.25) is 5.82 Å². The van der Waals surface area contributed by atoms with Crippen molar-refractivity contribution in [2.45, 2.75) is 32.4 Å². The summed E-state index contributed by atoms with van der Waals surface area (Å²) in [4.78, 5) is 11.4. The van der Waals surface area contributed by atoms with Gasteiger partial charge in [0.25, 0.3) is 0 Å². The lowest BCUT2D eigenvalue weighted by Gasteiger charge is -2.35. The highest BCUT2D eigenvalue weighted by Crippen LogP contribution is 2.23. The molecule has 160 valence electrons. The molecule has 3 aromatic rings. The fourth-order valence-electron chi connectivity index (χ4n) is 3.71. The fourth-order valence-corrected chi connectivity index (χ4v) is 3.71. The van der Waals surface area contributed by atoms with Gasteiger partial charge in [-0.3, -0.25) is 5.10 Å². The zero-order valence-corrected chi connectivity index (χ0v) is 17.5. The van der Waals surface area contributed by atoms with Crippen LogP contribution in [-0.4, -0.2) is 46.8 Å². The Morgan fingerprint density at radius 2 is 2.26 bits per heavy atom. The van der Waals surface area contributed by atoms with Gasteiger partial charge in [-0.2, -0.15) is 5.26 Å². The SMILES string of the molecule is CCNC(=NCc1nc(-c2ccco2)n[nH]1)NC1CCCN(c2ccccc2C#N)C1. The van der Waals surface area contributed by atoms with E-state index in [0.29, 0.717) is 29.5 Å². The minimum atomic E-state index is 0.228. The monoisotopic (exact) mass is 418 g/mol. The van der Waals surface area contributed by atoms with Crippen LogP contribution in [0.25, 0.3) is 11.6 Å². The van der Waals surface area contributed by atoms with E-state index in [0.717, 1.165) is 44.1 Å². The van der Waals surface area contributed by atoms with Crippen LogP contribution in [0, 0.1) is 11.3 Å². The summed E-state index contributed by atoms with van der Waals surface area (Å²) < 4.78 is 5.33. The number of rotatable bonds is 6. The molecule has 9 heteroatoms. The first kappa shape index (κ1) is 20.5. The van der Waals surface area contributed by atoms with E-state index < -0.39 is 0 Å². The van der Waals surface area contributed by atoms with Crippen LogP contribution in [-0.2, 0) is 6.54 Å². The molecule has 1 atom stereocenters. The predicted octanol–water partition coefficient (Wildman–Crippen LogP) is 2.66. The van der Waals surface area contributed by atoms with Crippen LogP contribution >= 0.6 is 0 Å². The van der Waals surface area contributed by atoms with Crippen LogP contribution < -0.4 is 15.5 Å². The highest BCUT2D eigenvalue weighted by molar-refractivity contribution is 5.80. The number of para-hydroxylation sites is 1. The second kappa shape index (κ2) is 9.80. The Hall–Kier alpha value is -3.80. The van der Waals surface area contributed by atoms with E-state index in [4.69, 9.17) is 4.42 Å². The lowest BCUT2D eigenvalue weighted by Crippen LogP contribution is -2.51. The third-order valence-electron chi connectivity index (χ3n) is 5.13. The molecule has 3 N–H and O–H groups in total. The number of benzene rings is 1. The number of piperidine rings is 1. The van der Waals surface area contributed by atoms with Crippen LogP contribution in [0.1, 0.15) is 31.2 Å². The summed E-state index contributed by atoms with van der Waals surface area (Å²) in [5.74, 6) is 2.54. The molecule has 1 aliphatic heterocycles. The van der Waals surface area contributed by atoms with Crippen LogP contribution in [0.15, 0.2) is 52.1 Å². The van der Waals surface area contributed by atoms with Gasteiger partial charge in [0.05, 0.1) is 17.5 Å². The molecule has 0 radical (unpaired) electrons. The Kier molecular flexibility index (Phi) is 6.47. The molecule has 0 spiro atoms. The zero-order chi connectivity index (χ0) is 21.5. The summed E-state index contributed by atoms with van der Waals surface area (Å²) >= 11 is 0. The number of aromatic amines is 1. The van der Waals surface area contributed by atoms with Crippen LogP contribution in [0.5, 0.6) is 0 Å². The number of H-pyrrole nitrogens is 1. The quantitative estimate of drug-likeness (QED) is 0.416. The number of furan rings is 1. The number of hydrogen-bond acceptors (Lipinski definition) is 6. The first-order valence-electron chi connectivity index (χ1n) is 10.5. The van der Waals surface area contributed by atoms with Crippen LogP contribution in [0.3, 0.4) is 0 Å². The third-order valence-corrected chi connectivity index (χ3v) is 5.13. The van der Waals surface area contributed by atoms with Crippen molar-refractivity contribution in [3.05, 3.63) is 54.0 Å². The summed E-state index contributed by atoms with van der Waals surface area (Å²) in [7, 11) is 0. The average Bonchev–Trinajstić information content (AvgIpc) is 3.50. The lowest BCUT2D eigenvalue weighted by atomic mass is 10.0. The van der Waals surface area contributed by atoms with Gasteiger partial charge in [-0.25, -0.2) is 9.98 Å². The molecule has 1 aromatic carbocycles. The number of nitrogens with zero attached hydrogens (tertiary/aromatic N) is 5. The molecule has 1 fully saturated rings. The van der Waals surface area contributed by atoms with E-state index in [-0.39, 0.29) is 6.04 Å². The molecule has 1 aliphatic rings. The van der Waals surface area contributed by atoms with Crippen molar-refractivity contribution in [3.8, 4) is 17.7 Å². The van der Waals surface area contributed by atoms with Gasteiger partial charge in [-0.05, 0) is 44.0 Å². The molecule has 2 aromatic heterocycles. The highest BCUT2D eigenvalue weighted by Gasteiger charge is 2.22. The molecule has 0 amide bonds. The van der Waals surface area contributed by atoms with Crippen molar-refractivity contribution in [1.82, 2.24) is 25.8 Å². The van der Waals surface area contributed by atoms with E-state index >= 15 is 0 Å². The molecule has 1 saturated heterocycles. The van der Waals surface area contributed by atoms with E-state index in [1.54, 1.807) is 12.3 Å². The molecule has 1 unspecified atom stereocenters. The smallest absolute Gasteiger partial charge is 0.216 e. The largest absolute Gasteiger partial charge is 0.461 e. The number of nitriles is 1. The van der Waals surface area contributed by atoms with Gasteiger partial charge in [-0.15, -0.1) is 5.10 Å². The summed E-state index contributed by atoms with van der Waals surface area (Å²) in [5.41, 5.74) is 1.70. The Morgan fingerprint density at radius 1 is 1.35 bits per heavy atom. The molecule has 4 rings (SSSR count). The average molecular weight is 419 g/mol. The van der Waals surface area contributed by atoms with Crippen molar-refractivity contribution in [1.29, 1.82) is 5.26 Å². The predicted molar refractivity (Wildman–Crippen MR) is 118 cm³/mol. The fraction of sp³-hybridized carbons (Fsp3) is 0.364. The number of aliphatic imine (C=N–C) groups is 1. The number of nitrogens with one attached hydrogen (secondary N) is 3. The molecular formula is C22H26N8O. The minimum absolute atomic E-state index is 0.228. The van der Waals surface area contributed by atoms with Gasteiger partial charge in [-0.1, -0.05) is 12.1 Å². The van der Waals surface area contributed by atoms with E-state index in [1.807, 2.05) is 37.3 Å². The Balaban J connectivity index is 1.41. The summed E-state index contributed by atoms with van der Waals surface area (Å²) in [5, 5.41) is 23.4. The third kappa shape index (κ3) is 5.04. The molecule has 0 aliphatic carbocycles. The summed E-state index contributed by atoms with van der Waals surface area (Å²) in [6, 6.07) is 13.9. The first-order valence-corrected chi connectivity index (χ1v) is 10.5. The van der Waals surface area contributed by atoms with Gasteiger partial charge >= 0.3 is 0 Å². The Bertz CT molecular complexity index is 1050. The minimum Gasteiger partial charge on any atom is -0.461 e. The second-order valence-electron chi connectivity index (χ2n) is 7.34.